The molecule has 0 fully saturated rings. The van der Waals surface area contributed by atoms with Crippen LogP contribution >= 0.6 is 38.9 Å². The van der Waals surface area contributed by atoms with Crippen molar-refractivity contribution in [3.8, 4) is 11.5 Å². The van der Waals surface area contributed by atoms with Gasteiger partial charge in [-0.15, -0.1) is 0 Å². The maximum atomic E-state index is 13.1. The number of halogens is 2. The number of ether oxygens (including phenoxy) is 2. The van der Waals surface area contributed by atoms with Crippen molar-refractivity contribution >= 4 is 60.9 Å². The monoisotopic (exact) mass is 540 g/mol. The van der Waals surface area contributed by atoms with Crippen molar-refractivity contribution in [3.63, 3.8) is 0 Å². The SMILES string of the molecule is CCOc1cc(/C=c2\sc3nc4ccccc4n3c2=O)cc(Cl)c1OCc1ccc(Br)cc1. The van der Waals surface area contributed by atoms with E-state index in [1.165, 1.54) is 11.3 Å². The molecular formula is C25H18BrClN2O3S. The van der Waals surface area contributed by atoms with E-state index in [9.17, 15) is 4.79 Å². The molecule has 0 aliphatic rings. The van der Waals surface area contributed by atoms with E-state index < -0.39 is 0 Å². The lowest BCUT2D eigenvalue weighted by atomic mass is 10.2. The highest BCUT2D eigenvalue weighted by molar-refractivity contribution is 9.10. The van der Waals surface area contributed by atoms with E-state index in [-0.39, 0.29) is 5.56 Å². The van der Waals surface area contributed by atoms with Crippen LogP contribution in [0.1, 0.15) is 18.1 Å². The van der Waals surface area contributed by atoms with E-state index in [1.807, 2.05) is 67.6 Å². The van der Waals surface area contributed by atoms with Crippen LogP contribution in [0.4, 0.5) is 0 Å². The Hall–Kier alpha value is -2.87. The average Bonchev–Trinajstić information content (AvgIpc) is 3.31. The highest BCUT2D eigenvalue weighted by Crippen LogP contribution is 2.37. The maximum absolute atomic E-state index is 13.1. The summed E-state index contributed by atoms with van der Waals surface area (Å²) in [5.41, 5.74) is 3.27. The third-order valence-electron chi connectivity index (χ3n) is 5.07. The molecule has 2 heterocycles. The first-order valence-corrected chi connectivity index (χ1v) is 12.3. The molecule has 0 atom stereocenters. The van der Waals surface area contributed by atoms with Gasteiger partial charge in [0.25, 0.3) is 5.56 Å². The van der Waals surface area contributed by atoms with Crippen molar-refractivity contribution in [2.75, 3.05) is 6.61 Å². The normalized spacial score (nSPS) is 12.0. The van der Waals surface area contributed by atoms with Crippen LogP contribution in [0, 0.1) is 0 Å². The first-order valence-electron chi connectivity index (χ1n) is 10.3. The van der Waals surface area contributed by atoms with Gasteiger partial charge in [0.1, 0.15) is 6.61 Å². The minimum absolute atomic E-state index is 0.103. The molecule has 0 saturated heterocycles. The van der Waals surface area contributed by atoms with Gasteiger partial charge in [-0.1, -0.05) is 63.1 Å². The van der Waals surface area contributed by atoms with Crippen molar-refractivity contribution in [1.82, 2.24) is 9.38 Å². The second-order valence-corrected chi connectivity index (χ2v) is 9.64. The molecule has 33 heavy (non-hydrogen) atoms. The molecule has 5 rings (SSSR count). The molecule has 0 amide bonds. The fourth-order valence-corrected chi connectivity index (χ4v) is 5.10. The third kappa shape index (κ3) is 4.36. The van der Waals surface area contributed by atoms with Gasteiger partial charge in [0, 0.05) is 4.47 Å². The van der Waals surface area contributed by atoms with Crippen molar-refractivity contribution < 1.29 is 9.47 Å². The highest BCUT2D eigenvalue weighted by Gasteiger charge is 2.14. The van der Waals surface area contributed by atoms with E-state index in [4.69, 9.17) is 21.1 Å². The standard InChI is InChI=1S/C25H18BrClN2O3S/c1-2-31-21-12-16(11-18(27)23(21)32-14-15-7-9-17(26)10-8-15)13-22-24(30)29-20-6-4-3-5-19(20)28-25(29)33-22/h3-13H,2,14H2,1H3/b22-13-. The Bertz CT molecular complexity index is 1580. The van der Waals surface area contributed by atoms with E-state index in [2.05, 4.69) is 20.9 Å². The molecule has 8 heteroatoms. The first kappa shape index (κ1) is 21.9. The molecule has 5 aromatic rings. The molecule has 0 saturated carbocycles. The molecule has 0 N–H and O–H groups in total. The summed E-state index contributed by atoms with van der Waals surface area (Å²) in [5, 5.41) is 0.420. The zero-order valence-corrected chi connectivity index (χ0v) is 20.7. The van der Waals surface area contributed by atoms with Crippen LogP contribution < -0.4 is 19.6 Å². The zero-order chi connectivity index (χ0) is 22.9. The summed E-state index contributed by atoms with van der Waals surface area (Å²) in [6, 6.07) is 19.1. The number of benzene rings is 3. The van der Waals surface area contributed by atoms with E-state index >= 15 is 0 Å². The number of fused-ring (bicyclic) bond motifs is 3. The van der Waals surface area contributed by atoms with Gasteiger partial charge in [0.2, 0.25) is 0 Å². The lowest BCUT2D eigenvalue weighted by molar-refractivity contribution is 0.269. The van der Waals surface area contributed by atoms with Crippen molar-refractivity contribution in [1.29, 1.82) is 0 Å². The number of nitrogens with zero attached hydrogens (tertiary/aromatic N) is 2. The van der Waals surface area contributed by atoms with E-state index in [1.54, 1.807) is 10.5 Å². The van der Waals surface area contributed by atoms with Gasteiger partial charge in [-0.25, -0.2) is 9.38 Å². The topological polar surface area (TPSA) is 52.8 Å². The van der Waals surface area contributed by atoms with Crippen molar-refractivity contribution in [3.05, 3.63) is 96.2 Å². The molecular weight excluding hydrogens is 524 g/mol. The summed E-state index contributed by atoms with van der Waals surface area (Å²) >= 11 is 11.4. The number of aromatic nitrogens is 2. The summed E-state index contributed by atoms with van der Waals surface area (Å²) in [4.78, 5) is 18.3. The van der Waals surface area contributed by atoms with Gasteiger partial charge >= 0.3 is 0 Å². The second kappa shape index (κ2) is 9.17. The highest BCUT2D eigenvalue weighted by atomic mass is 79.9. The Morgan fingerprint density at radius 1 is 1.12 bits per heavy atom. The molecule has 0 aliphatic heterocycles. The lowest BCUT2D eigenvalue weighted by Gasteiger charge is -2.14. The van der Waals surface area contributed by atoms with Gasteiger partial charge in [-0.2, -0.15) is 0 Å². The van der Waals surface area contributed by atoms with E-state index in [0.717, 1.165) is 26.6 Å². The Morgan fingerprint density at radius 3 is 2.70 bits per heavy atom. The molecule has 3 aromatic carbocycles. The summed E-state index contributed by atoms with van der Waals surface area (Å²) in [6.45, 7) is 2.72. The summed E-state index contributed by atoms with van der Waals surface area (Å²) in [6.07, 6.45) is 1.81. The van der Waals surface area contributed by atoms with Crippen LogP contribution in [0.2, 0.25) is 5.02 Å². The Morgan fingerprint density at radius 2 is 1.91 bits per heavy atom. The van der Waals surface area contributed by atoms with Crippen LogP contribution in [0.15, 0.2) is 69.9 Å². The van der Waals surface area contributed by atoms with Crippen LogP contribution in [0.25, 0.3) is 22.1 Å². The predicted octanol–water partition coefficient (Wildman–Crippen LogP) is 5.85. The lowest BCUT2D eigenvalue weighted by Crippen LogP contribution is -2.22. The zero-order valence-electron chi connectivity index (χ0n) is 17.5. The molecule has 0 radical (unpaired) electrons. The van der Waals surface area contributed by atoms with Gasteiger partial charge in [0.05, 0.1) is 27.2 Å². The molecule has 0 bridgehead atoms. The average molecular weight is 542 g/mol. The molecule has 0 spiro atoms. The fraction of sp³-hybridized carbons (Fsp3) is 0.120. The van der Waals surface area contributed by atoms with Gasteiger partial charge in [-0.05, 0) is 60.5 Å². The minimum Gasteiger partial charge on any atom is -0.490 e. The Kier molecular flexibility index (Phi) is 6.10. The first-order chi connectivity index (χ1) is 16.0. The smallest absolute Gasteiger partial charge is 0.274 e. The predicted molar refractivity (Wildman–Crippen MR) is 137 cm³/mol. The summed E-state index contributed by atoms with van der Waals surface area (Å²) in [5.74, 6) is 1.01. The van der Waals surface area contributed by atoms with E-state index in [0.29, 0.717) is 39.2 Å². The molecule has 5 nitrogen and oxygen atoms in total. The molecule has 166 valence electrons. The van der Waals surface area contributed by atoms with Crippen LogP contribution in [-0.2, 0) is 6.61 Å². The summed E-state index contributed by atoms with van der Waals surface area (Å²) < 4.78 is 15.0. The Balaban J connectivity index is 1.52. The van der Waals surface area contributed by atoms with Gasteiger partial charge in [-0.3, -0.25) is 4.79 Å². The number of imidazole rings is 1. The third-order valence-corrected chi connectivity index (χ3v) is 6.85. The van der Waals surface area contributed by atoms with Crippen LogP contribution in [-0.4, -0.2) is 16.0 Å². The number of thiazole rings is 1. The van der Waals surface area contributed by atoms with Crippen LogP contribution in [0.5, 0.6) is 11.5 Å². The number of hydrogen-bond acceptors (Lipinski definition) is 5. The minimum atomic E-state index is -0.103. The number of rotatable bonds is 6. The fourth-order valence-electron chi connectivity index (χ4n) is 3.57. The van der Waals surface area contributed by atoms with Gasteiger partial charge in [0.15, 0.2) is 16.5 Å². The van der Waals surface area contributed by atoms with Gasteiger partial charge < -0.3 is 9.47 Å². The van der Waals surface area contributed by atoms with Crippen molar-refractivity contribution in [2.24, 2.45) is 0 Å². The largest absolute Gasteiger partial charge is 0.490 e. The summed E-state index contributed by atoms with van der Waals surface area (Å²) in [7, 11) is 0. The number of para-hydroxylation sites is 2. The van der Waals surface area contributed by atoms with Crippen LogP contribution in [0.3, 0.4) is 0 Å². The molecule has 0 aliphatic carbocycles. The maximum Gasteiger partial charge on any atom is 0.274 e. The molecule has 0 unspecified atom stereocenters. The molecule has 2 aromatic heterocycles. The quantitative estimate of drug-likeness (QED) is 0.271. The number of hydrogen-bond donors (Lipinski definition) is 0. The second-order valence-electron chi connectivity index (χ2n) is 7.31. The Labute approximate surface area is 207 Å². The van der Waals surface area contributed by atoms with Crippen molar-refractivity contribution in [2.45, 2.75) is 13.5 Å².